The van der Waals surface area contributed by atoms with E-state index in [1.54, 1.807) is 13.2 Å². The van der Waals surface area contributed by atoms with Gasteiger partial charge in [0.15, 0.2) is 0 Å². The number of aromatic nitrogens is 2. The van der Waals surface area contributed by atoms with Gasteiger partial charge in [0.05, 0.1) is 11.9 Å². The summed E-state index contributed by atoms with van der Waals surface area (Å²) in [6.07, 6.45) is 7.89. The third-order valence-electron chi connectivity index (χ3n) is 3.70. The number of aryl methyl sites for hydroxylation is 1. The molecule has 1 aromatic rings. The fraction of sp³-hybridized carbons (Fsp3) is 0.692. The highest BCUT2D eigenvalue weighted by molar-refractivity contribution is 9.10. The van der Waals surface area contributed by atoms with Crippen LogP contribution in [0.3, 0.4) is 0 Å². The van der Waals surface area contributed by atoms with Crippen molar-refractivity contribution in [2.75, 3.05) is 5.32 Å². The van der Waals surface area contributed by atoms with E-state index in [1.165, 1.54) is 36.8 Å². The molecule has 4 nitrogen and oxygen atoms in total. The Morgan fingerprint density at radius 3 is 2.94 bits per heavy atom. The molecule has 0 aromatic carbocycles. The van der Waals surface area contributed by atoms with Gasteiger partial charge in [-0.05, 0) is 41.1 Å². The van der Waals surface area contributed by atoms with Crippen LogP contribution in [0.5, 0.6) is 0 Å². The maximum absolute atomic E-state index is 11.8. The van der Waals surface area contributed by atoms with E-state index in [0.717, 1.165) is 11.6 Å². The average Bonchev–Trinajstić information content (AvgIpc) is 2.55. The molecule has 1 saturated carbocycles. The number of nitrogens with zero attached hydrogens (tertiary/aromatic N) is 2. The molecule has 2 unspecified atom stereocenters. The molecule has 18 heavy (non-hydrogen) atoms. The summed E-state index contributed by atoms with van der Waals surface area (Å²) in [6.45, 7) is 2.32. The summed E-state index contributed by atoms with van der Waals surface area (Å²) in [6, 6.07) is 0.458. The van der Waals surface area contributed by atoms with Gasteiger partial charge in [-0.1, -0.05) is 19.8 Å². The zero-order chi connectivity index (χ0) is 13.1. The van der Waals surface area contributed by atoms with Crippen LogP contribution in [0.15, 0.2) is 15.5 Å². The monoisotopic (exact) mass is 313 g/mol. The van der Waals surface area contributed by atoms with Gasteiger partial charge in [0.25, 0.3) is 5.56 Å². The van der Waals surface area contributed by atoms with Crippen LogP contribution in [0.2, 0.25) is 0 Å². The molecule has 2 rings (SSSR count). The molecule has 5 heteroatoms. The van der Waals surface area contributed by atoms with E-state index < -0.39 is 0 Å². The van der Waals surface area contributed by atoms with Crippen molar-refractivity contribution in [3.05, 3.63) is 21.0 Å². The molecule has 0 radical (unpaired) electrons. The van der Waals surface area contributed by atoms with Crippen molar-refractivity contribution in [3.8, 4) is 0 Å². The van der Waals surface area contributed by atoms with Gasteiger partial charge in [0, 0.05) is 13.1 Å². The van der Waals surface area contributed by atoms with Gasteiger partial charge in [-0.2, -0.15) is 5.10 Å². The molecule has 100 valence electrons. The number of hydrogen-bond donors (Lipinski definition) is 1. The van der Waals surface area contributed by atoms with Crippen molar-refractivity contribution in [2.45, 2.75) is 45.1 Å². The lowest BCUT2D eigenvalue weighted by atomic mass is 10.0. The minimum absolute atomic E-state index is 0.0954. The van der Waals surface area contributed by atoms with Crippen LogP contribution in [0.1, 0.15) is 39.0 Å². The molecule has 0 spiro atoms. The number of anilines is 1. The lowest BCUT2D eigenvalue weighted by Crippen LogP contribution is -2.25. The second kappa shape index (κ2) is 5.87. The van der Waals surface area contributed by atoms with E-state index in [9.17, 15) is 4.79 Å². The maximum atomic E-state index is 11.8. The van der Waals surface area contributed by atoms with Gasteiger partial charge in [-0.25, -0.2) is 4.68 Å². The Morgan fingerprint density at radius 1 is 1.39 bits per heavy atom. The van der Waals surface area contributed by atoms with Gasteiger partial charge in [-0.3, -0.25) is 4.79 Å². The number of halogens is 1. The highest BCUT2D eigenvalue weighted by Gasteiger charge is 2.17. The third-order valence-corrected chi connectivity index (χ3v) is 4.46. The van der Waals surface area contributed by atoms with Crippen LogP contribution in [0.4, 0.5) is 5.69 Å². The number of nitrogens with one attached hydrogen (secondary N) is 1. The topological polar surface area (TPSA) is 46.9 Å². The first kappa shape index (κ1) is 13.6. The maximum Gasteiger partial charge on any atom is 0.282 e. The van der Waals surface area contributed by atoms with Crippen LogP contribution in [0.25, 0.3) is 0 Å². The Bertz CT molecular complexity index is 472. The van der Waals surface area contributed by atoms with Crippen LogP contribution < -0.4 is 10.9 Å². The molecule has 1 aliphatic rings. The Kier molecular flexibility index (Phi) is 4.43. The van der Waals surface area contributed by atoms with Crippen molar-refractivity contribution >= 4 is 21.6 Å². The minimum Gasteiger partial charge on any atom is -0.380 e. The number of rotatable bonds is 2. The van der Waals surface area contributed by atoms with Gasteiger partial charge < -0.3 is 5.32 Å². The van der Waals surface area contributed by atoms with Gasteiger partial charge >= 0.3 is 0 Å². The molecule has 0 saturated heterocycles. The molecule has 2 atom stereocenters. The quantitative estimate of drug-likeness (QED) is 0.854. The van der Waals surface area contributed by atoms with Crippen molar-refractivity contribution in [1.29, 1.82) is 0 Å². The van der Waals surface area contributed by atoms with E-state index in [2.05, 4.69) is 33.3 Å². The predicted molar refractivity (Wildman–Crippen MR) is 76.8 cm³/mol. The van der Waals surface area contributed by atoms with Crippen molar-refractivity contribution in [3.63, 3.8) is 0 Å². The van der Waals surface area contributed by atoms with E-state index >= 15 is 0 Å². The first-order valence-corrected chi connectivity index (χ1v) is 7.35. The average molecular weight is 314 g/mol. The summed E-state index contributed by atoms with van der Waals surface area (Å²) >= 11 is 3.35. The fourth-order valence-corrected chi connectivity index (χ4v) is 2.94. The predicted octanol–water partition coefficient (Wildman–Crippen LogP) is 2.92. The standard InChI is InChI=1S/C13H20BrN3O/c1-9-4-3-5-10(7-6-9)16-11-8-15-17(2)13(18)12(11)14/h8-10,16H,3-7H2,1-2H3. The van der Waals surface area contributed by atoms with Crippen LogP contribution in [-0.2, 0) is 7.05 Å². The molecule has 0 bridgehead atoms. The van der Waals surface area contributed by atoms with E-state index in [0.29, 0.717) is 10.5 Å². The first-order valence-electron chi connectivity index (χ1n) is 6.56. The Labute approximate surface area is 116 Å². The summed E-state index contributed by atoms with van der Waals surface area (Å²) in [5.41, 5.74) is 0.722. The van der Waals surface area contributed by atoms with Gasteiger partial charge in [-0.15, -0.1) is 0 Å². The summed E-state index contributed by atoms with van der Waals surface area (Å²) in [7, 11) is 1.66. The smallest absolute Gasteiger partial charge is 0.282 e. The summed E-state index contributed by atoms with van der Waals surface area (Å²) in [5, 5.41) is 7.51. The third kappa shape index (κ3) is 3.13. The Hall–Kier alpha value is -0.840. The zero-order valence-electron chi connectivity index (χ0n) is 10.9. The lowest BCUT2D eigenvalue weighted by molar-refractivity contribution is 0.502. The Balaban J connectivity index is 2.09. The molecule has 1 aromatic heterocycles. The van der Waals surface area contributed by atoms with Crippen molar-refractivity contribution in [1.82, 2.24) is 9.78 Å². The van der Waals surface area contributed by atoms with Crippen molar-refractivity contribution in [2.24, 2.45) is 13.0 Å². The van der Waals surface area contributed by atoms with Gasteiger partial charge in [0.1, 0.15) is 4.47 Å². The molecule has 1 heterocycles. The second-order valence-electron chi connectivity index (χ2n) is 5.26. The molecule has 0 aliphatic heterocycles. The summed E-state index contributed by atoms with van der Waals surface area (Å²) in [5.74, 6) is 0.821. The minimum atomic E-state index is -0.0954. The molecular weight excluding hydrogens is 294 g/mol. The molecular formula is C13H20BrN3O. The Morgan fingerprint density at radius 2 is 2.17 bits per heavy atom. The van der Waals surface area contributed by atoms with Crippen molar-refractivity contribution < 1.29 is 0 Å². The molecule has 1 aliphatic carbocycles. The largest absolute Gasteiger partial charge is 0.380 e. The second-order valence-corrected chi connectivity index (χ2v) is 6.05. The molecule has 0 amide bonds. The SMILES string of the molecule is CC1CCCC(Nc2cnn(C)c(=O)c2Br)CC1. The van der Waals surface area contributed by atoms with E-state index in [-0.39, 0.29) is 5.56 Å². The van der Waals surface area contributed by atoms with Crippen LogP contribution in [0, 0.1) is 5.92 Å². The first-order chi connectivity index (χ1) is 8.58. The van der Waals surface area contributed by atoms with Crippen LogP contribution >= 0.6 is 15.9 Å². The number of hydrogen-bond acceptors (Lipinski definition) is 3. The highest BCUT2D eigenvalue weighted by atomic mass is 79.9. The normalized spacial score (nSPS) is 24.6. The fourth-order valence-electron chi connectivity index (χ4n) is 2.46. The molecule has 1 fully saturated rings. The zero-order valence-corrected chi connectivity index (χ0v) is 12.5. The summed E-state index contributed by atoms with van der Waals surface area (Å²) in [4.78, 5) is 11.8. The van der Waals surface area contributed by atoms with Gasteiger partial charge in [0.2, 0.25) is 0 Å². The van der Waals surface area contributed by atoms with E-state index in [1.807, 2.05) is 0 Å². The van der Waals surface area contributed by atoms with E-state index in [4.69, 9.17) is 0 Å². The highest BCUT2D eigenvalue weighted by Crippen LogP contribution is 2.26. The lowest BCUT2D eigenvalue weighted by Gasteiger charge is -2.18. The van der Waals surface area contributed by atoms with Crippen LogP contribution in [-0.4, -0.2) is 15.8 Å². The summed E-state index contributed by atoms with van der Waals surface area (Å²) < 4.78 is 1.92. The molecule has 1 N–H and O–H groups in total.